The van der Waals surface area contributed by atoms with Crippen molar-refractivity contribution in [2.45, 2.75) is 0 Å². The van der Waals surface area contributed by atoms with Crippen LogP contribution in [0.15, 0.2) is 35.8 Å². The third-order valence-electron chi connectivity index (χ3n) is 1.74. The normalized spacial score (nSPS) is 10.9. The van der Waals surface area contributed by atoms with Crippen LogP contribution in [-0.4, -0.2) is 4.98 Å². The van der Waals surface area contributed by atoms with E-state index in [-0.39, 0.29) is 0 Å². The fourth-order valence-electron chi connectivity index (χ4n) is 1.06. The van der Waals surface area contributed by atoms with Crippen LogP contribution in [0.1, 0.15) is 10.6 Å². The second kappa shape index (κ2) is 4.40. The van der Waals surface area contributed by atoms with E-state index in [0.29, 0.717) is 0 Å². The summed E-state index contributed by atoms with van der Waals surface area (Å²) < 4.78 is 0. The summed E-state index contributed by atoms with van der Waals surface area (Å²) in [6.45, 7) is 0. The predicted octanol–water partition coefficient (Wildman–Crippen LogP) is 3.97. The summed E-state index contributed by atoms with van der Waals surface area (Å²) in [7, 11) is 0. The highest BCUT2D eigenvalue weighted by atomic mass is 35.5. The summed E-state index contributed by atoms with van der Waals surface area (Å²) in [5.41, 5.74) is 1.13. The van der Waals surface area contributed by atoms with E-state index in [9.17, 15) is 0 Å². The van der Waals surface area contributed by atoms with E-state index < -0.39 is 0 Å². The Labute approximate surface area is 91.7 Å². The molecular weight excluding hydrogens is 214 g/mol. The number of benzene rings is 1. The molecular formula is C11H8ClNS. The molecule has 2 rings (SSSR count). The summed E-state index contributed by atoms with van der Waals surface area (Å²) in [5.74, 6) is 0. The van der Waals surface area contributed by atoms with Crippen molar-refractivity contribution in [2.75, 3.05) is 0 Å². The van der Waals surface area contributed by atoms with E-state index in [0.717, 1.165) is 15.6 Å². The van der Waals surface area contributed by atoms with Crippen molar-refractivity contribution in [3.8, 4) is 0 Å². The molecule has 0 radical (unpaired) electrons. The maximum atomic E-state index is 5.78. The highest BCUT2D eigenvalue weighted by Crippen LogP contribution is 2.13. The van der Waals surface area contributed by atoms with E-state index in [1.54, 1.807) is 17.5 Å². The first-order valence-electron chi connectivity index (χ1n) is 4.18. The van der Waals surface area contributed by atoms with Gasteiger partial charge in [-0.15, -0.1) is 11.3 Å². The molecule has 0 saturated carbocycles. The molecule has 2 aromatic rings. The van der Waals surface area contributed by atoms with Gasteiger partial charge in [-0.3, -0.25) is 0 Å². The third-order valence-corrected chi connectivity index (χ3v) is 2.73. The summed E-state index contributed by atoms with van der Waals surface area (Å²) in [6.07, 6.45) is 5.81. The molecule has 0 aliphatic rings. The fourth-order valence-corrected chi connectivity index (χ4v) is 1.71. The van der Waals surface area contributed by atoms with Gasteiger partial charge in [-0.2, -0.15) is 0 Å². The van der Waals surface area contributed by atoms with Gasteiger partial charge < -0.3 is 0 Å². The maximum absolute atomic E-state index is 5.78. The average molecular weight is 222 g/mol. The lowest BCUT2D eigenvalue weighted by molar-refractivity contribution is 1.40. The van der Waals surface area contributed by atoms with Crippen LogP contribution in [-0.2, 0) is 0 Å². The largest absolute Gasteiger partial charge is 0.245 e. The lowest BCUT2D eigenvalue weighted by Gasteiger charge is -1.92. The predicted molar refractivity (Wildman–Crippen MR) is 62.5 cm³/mol. The SMILES string of the molecule is Clc1ccc(/C=C/c2nccs2)cc1. The monoisotopic (exact) mass is 221 g/mol. The molecule has 0 aliphatic carbocycles. The first-order chi connectivity index (χ1) is 6.84. The maximum Gasteiger partial charge on any atom is 0.116 e. The van der Waals surface area contributed by atoms with Gasteiger partial charge >= 0.3 is 0 Å². The molecule has 3 heteroatoms. The van der Waals surface area contributed by atoms with Crippen molar-refractivity contribution in [2.24, 2.45) is 0 Å². The lowest BCUT2D eigenvalue weighted by Crippen LogP contribution is -1.70. The van der Waals surface area contributed by atoms with Crippen LogP contribution in [0.25, 0.3) is 12.2 Å². The van der Waals surface area contributed by atoms with Gasteiger partial charge in [0.25, 0.3) is 0 Å². The summed E-state index contributed by atoms with van der Waals surface area (Å²) in [6, 6.07) is 7.71. The molecule has 70 valence electrons. The lowest BCUT2D eigenvalue weighted by atomic mass is 10.2. The van der Waals surface area contributed by atoms with Crippen LogP contribution in [0.4, 0.5) is 0 Å². The topological polar surface area (TPSA) is 12.9 Å². The second-order valence-corrected chi connectivity index (χ2v) is 4.12. The van der Waals surface area contributed by atoms with Crippen LogP contribution in [0.3, 0.4) is 0 Å². The van der Waals surface area contributed by atoms with Crippen molar-refractivity contribution in [3.63, 3.8) is 0 Å². The molecule has 0 aliphatic heterocycles. The Kier molecular flexibility index (Phi) is 2.96. The average Bonchev–Trinajstić information content (AvgIpc) is 2.70. The minimum absolute atomic E-state index is 0.761. The highest BCUT2D eigenvalue weighted by molar-refractivity contribution is 7.10. The Morgan fingerprint density at radius 1 is 1.14 bits per heavy atom. The number of thiazole rings is 1. The minimum Gasteiger partial charge on any atom is -0.245 e. The van der Waals surface area contributed by atoms with Gasteiger partial charge in [-0.1, -0.05) is 29.8 Å². The smallest absolute Gasteiger partial charge is 0.116 e. The number of nitrogens with zero attached hydrogens (tertiary/aromatic N) is 1. The molecule has 0 unspecified atom stereocenters. The second-order valence-electron chi connectivity index (χ2n) is 2.76. The zero-order chi connectivity index (χ0) is 9.80. The van der Waals surface area contributed by atoms with Gasteiger partial charge in [-0.25, -0.2) is 4.98 Å². The number of aromatic nitrogens is 1. The van der Waals surface area contributed by atoms with Gasteiger partial charge in [-0.05, 0) is 23.8 Å². The first-order valence-corrected chi connectivity index (χ1v) is 5.43. The minimum atomic E-state index is 0.761. The third kappa shape index (κ3) is 2.44. The molecule has 1 aromatic heterocycles. The van der Waals surface area contributed by atoms with Crippen molar-refractivity contribution in [1.29, 1.82) is 0 Å². The van der Waals surface area contributed by atoms with E-state index in [1.807, 2.05) is 41.8 Å². The number of rotatable bonds is 2. The standard InChI is InChI=1S/C11H8ClNS/c12-10-4-1-9(2-5-10)3-6-11-13-7-8-14-11/h1-8H/b6-3+. The summed E-state index contributed by atoms with van der Waals surface area (Å²) in [4.78, 5) is 4.15. The van der Waals surface area contributed by atoms with Crippen molar-refractivity contribution in [1.82, 2.24) is 4.98 Å². The molecule has 0 N–H and O–H groups in total. The molecule has 1 heterocycles. The Balaban J connectivity index is 2.15. The Hall–Kier alpha value is -1.12. The molecule has 0 fully saturated rings. The zero-order valence-electron chi connectivity index (χ0n) is 7.35. The van der Waals surface area contributed by atoms with Crippen LogP contribution in [0, 0.1) is 0 Å². The van der Waals surface area contributed by atoms with Gasteiger partial charge in [0.1, 0.15) is 5.01 Å². The molecule has 0 atom stereocenters. The fraction of sp³-hybridized carbons (Fsp3) is 0. The Morgan fingerprint density at radius 2 is 1.93 bits per heavy atom. The molecule has 1 nitrogen and oxygen atoms in total. The van der Waals surface area contributed by atoms with Crippen molar-refractivity contribution >= 4 is 35.1 Å². The Morgan fingerprint density at radius 3 is 2.57 bits per heavy atom. The van der Waals surface area contributed by atoms with E-state index in [2.05, 4.69) is 4.98 Å². The van der Waals surface area contributed by atoms with Crippen LogP contribution >= 0.6 is 22.9 Å². The molecule has 0 amide bonds. The van der Waals surface area contributed by atoms with Gasteiger partial charge in [0, 0.05) is 16.6 Å². The number of hydrogen-bond acceptors (Lipinski definition) is 2. The van der Waals surface area contributed by atoms with Crippen LogP contribution in [0.2, 0.25) is 5.02 Å². The van der Waals surface area contributed by atoms with Gasteiger partial charge in [0.05, 0.1) is 0 Å². The summed E-state index contributed by atoms with van der Waals surface area (Å²) >= 11 is 7.40. The zero-order valence-corrected chi connectivity index (χ0v) is 8.92. The quantitative estimate of drug-likeness (QED) is 0.748. The first kappa shape index (κ1) is 9.44. The molecule has 0 bridgehead atoms. The highest BCUT2D eigenvalue weighted by Gasteiger charge is 1.89. The number of halogens is 1. The number of hydrogen-bond donors (Lipinski definition) is 0. The van der Waals surface area contributed by atoms with Crippen LogP contribution < -0.4 is 0 Å². The Bertz CT molecular complexity index is 417. The molecule has 1 aromatic carbocycles. The van der Waals surface area contributed by atoms with Crippen LogP contribution in [0.5, 0.6) is 0 Å². The van der Waals surface area contributed by atoms with Gasteiger partial charge in [0.2, 0.25) is 0 Å². The van der Waals surface area contributed by atoms with E-state index in [4.69, 9.17) is 11.6 Å². The van der Waals surface area contributed by atoms with Gasteiger partial charge in [0.15, 0.2) is 0 Å². The van der Waals surface area contributed by atoms with E-state index >= 15 is 0 Å². The molecule has 0 saturated heterocycles. The molecule has 0 spiro atoms. The van der Waals surface area contributed by atoms with E-state index in [1.165, 1.54) is 0 Å². The molecule has 14 heavy (non-hydrogen) atoms. The van der Waals surface area contributed by atoms with Crippen molar-refractivity contribution in [3.05, 3.63) is 51.4 Å². The summed E-state index contributed by atoms with van der Waals surface area (Å²) in [5, 5.41) is 3.73. The van der Waals surface area contributed by atoms with Crippen molar-refractivity contribution < 1.29 is 0 Å².